The molecule has 0 aliphatic rings. The van der Waals surface area contributed by atoms with Gasteiger partial charge in [0.25, 0.3) is 0 Å². The molecule has 0 unspecified atom stereocenters. The summed E-state index contributed by atoms with van der Waals surface area (Å²) in [7, 11) is 0. The van der Waals surface area contributed by atoms with Crippen LogP contribution in [0, 0.1) is 0 Å². The molecule has 0 fully saturated rings. The second-order valence-corrected chi connectivity index (χ2v) is 4.64. The minimum absolute atomic E-state index is 0.301. The highest BCUT2D eigenvalue weighted by Gasteiger charge is 2.32. The van der Waals surface area contributed by atoms with Gasteiger partial charge in [-0.2, -0.15) is 13.2 Å². The first-order valence-corrected chi connectivity index (χ1v) is 6.53. The molecule has 0 aliphatic carbocycles. The lowest BCUT2D eigenvalue weighted by Crippen LogP contribution is -2.24. The SMILES string of the molecule is CCN(Cc1cccc(N)c1)c1cccc(C(F)(F)F)n1. The zero-order valence-electron chi connectivity index (χ0n) is 11.6. The van der Waals surface area contributed by atoms with Crippen molar-refractivity contribution in [3.8, 4) is 0 Å². The van der Waals surface area contributed by atoms with Gasteiger partial charge in [0, 0.05) is 18.8 Å². The molecule has 1 heterocycles. The smallest absolute Gasteiger partial charge is 0.399 e. The third kappa shape index (κ3) is 3.87. The number of hydrogen-bond acceptors (Lipinski definition) is 3. The van der Waals surface area contributed by atoms with E-state index in [0.29, 0.717) is 24.6 Å². The van der Waals surface area contributed by atoms with E-state index in [2.05, 4.69) is 4.98 Å². The van der Waals surface area contributed by atoms with Gasteiger partial charge < -0.3 is 10.6 Å². The molecule has 0 atom stereocenters. The lowest BCUT2D eigenvalue weighted by molar-refractivity contribution is -0.141. The molecule has 2 rings (SSSR count). The Balaban J connectivity index is 2.25. The fourth-order valence-corrected chi connectivity index (χ4v) is 2.02. The summed E-state index contributed by atoms with van der Waals surface area (Å²) in [5.74, 6) is 0.301. The largest absolute Gasteiger partial charge is 0.433 e. The number of halogens is 3. The summed E-state index contributed by atoms with van der Waals surface area (Å²) in [5, 5.41) is 0. The van der Waals surface area contributed by atoms with Crippen LogP contribution >= 0.6 is 0 Å². The molecular weight excluding hydrogens is 279 g/mol. The van der Waals surface area contributed by atoms with Crippen LogP contribution in [0.4, 0.5) is 24.7 Å². The minimum atomic E-state index is -4.44. The van der Waals surface area contributed by atoms with Crippen LogP contribution in [0.5, 0.6) is 0 Å². The van der Waals surface area contributed by atoms with Crippen molar-refractivity contribution in [2.24, 2.45) is 0 Å². The summed E-state index contributed by atoms with van der Waals surface area (Å²) in [6, 6.07) is 11.2. The van der Waals surface area contributed by atoms with E-state index in [1.165, 1.54) is 6.07 Å². The molecule has 0 bridgehead atoms. The van der Waals surface area contributed by atoms with Gasteiger partial charge in [0.15, 0.2) is 0 Å². The van der Waals surface area contributed by atoms with Gasteiger partial charge in [-0.25, -0.2) is 4.98 Å². The number of pyridine rings is 1. The Labute approximate surface area is 121 Å². The first-order chi connectivity index (χ1) is 9.90. The van der Waals surface area contributed by atoms with Crippen LogP contribution in [0.3, 0.4) is 0 Å². The van der Waals surface area contributed by atoms with Crippen LogP contribution in [0.2, 0.25) is 0 Å². The highest BCUT2D eigenvalue weighted by molar-refractivity contribution is 5.44. The van der Waals surface area contributed by atoms with Crippen LogP contribution in [0.25, 0.3) is 0 Å². The quantitative estimate of drug-likeness (QED) is 0.874. The van der Waals surface area contributed by atoms with E-state index in [4.69, 9.17) is 5.73 Å². The normalized spacial score (nSPS) is 11.4. The predicted molar refractivity (Wildman–Crippen MR) is 76.8 cm³/mol. The second-order valence-electron chi connectivity index (χ2n) is 4.64. The summed E-state index contributed by atoms with van der Waals surface area (Å²) in [6.07, 6.45) is -4.44. The Bertz CT molecular complexity index is 611. The molecule has 2 N–H and O–H groups in total. The number of alkyl halides is 3. The van der Waals surface area contributed by atoms with E-state index < -0.39 is 11.9 Å². The number of nitrogen functional groups attached to an aromatic ring is 1. The topological polar surface area (TPSA) is 42.1 Å². The van der Waals surface area contributed by atoms with Gasteiger partial charge in [-0.3, -0.25) is 0 Å². The molecule has 3 nitrogen and oxygen atoms in total. The number of benzene rings is 1. The van der Waals surface area contributed by atoms with E-state index in [9.17, 15) is 13.2 Å². The summed E-state index contributed by atoms with van der Waals surface area (Å²) in [4.78, 5) is 5.47. The van der Waals surface area contributed by atoms with Gasteiger partial charge in [-0.15, -0.1) is 0 Å². The standard InChI is InChI=1S/C15H16F3N3/c1-2-21(10-11-5-3-6-12(19)9-11)14-8-4-7-13(20-14)15(16,17)18/h3-9H,2,10,19H2,1H3. The van der Waals surface area contributed by atoms with Gasteiger partial charge in [-0.05, 0) is 36.8 Å². The zero-order chi connectivity index (χ0) is 15.5. The van der Waals surface area contributed by atoms with Crippen LogP contribution in [-0.4, -0.2) is 11.5 Å². The molecule has 0 saturated heterocycles. The van der Waals surface area contributed by atoms with E-state index in [1.54, 1.807) is 23.1 Å². The molecule has 0 saturated carbocycles. The molecule has 0 amide bonds. The first-order valence-electron chi connectivity index (χ1n) is 6.53. The molecule has 112 valence electrons. The molecule has 0 spiro atoms. The first kappa shape index (κ1) is 15.2. The van der Waals surface area contributed by atoms with Crippen molar-refractivity contribution < 1.29 is 13.2 Å². The number of rotatable bonds is 4. The van der Waals surface area contributed by atoms with Gasteiger partial charge in [0.05, 0.1) is 0 Å². The lowest BCUT2D eigenvalue weighted by atomic mass is 10.2. The van der Waals surface area contributed by atoms with Crippen LogP contribution in [0.15, 0.2) is 42.5 Å². The van der Waals surface area contributed by atoms with Crippen LogP contribution in [-0.2, 0) is 12.7 Å². The lowest BCUT2D eigenvalue weighted by Gasteiger charge is -2.23. The number of nitrogens with two attached hydrogens (primary N) is 1. The van der Waals surface area contributed by atoms with E-state index >= 15 is 0 Å². The average Bonchev–Trinajstić information content (AvgIpc) is 2.44. The van der Waals surface area contributed by atoms with Crippen molar-refractivity contribution >= 4 is 11.5 Å². The zero-order valence-corrected chi connectivity index (χ0v) is 11.6. The number of aromatic nitrogens is 1. The maximum Gasteiger partial charge on any atom is 0.433 e. The van der Waals surface area contributed by atoms with Crippen LogP contribution in [0.1, 0.15) is 18.2 Å². The molecular formula is C15H16F3N3. The number of anilines is 2. The second kappa shape index (κ2) is 6.03. The number of nitrogens with zero attached hydrogens (tertiary/aromatic N) is 2. The molecule has 0 radical (unpaired) electrons. The summed E-state index contributed by atoms with van der Waals surface area (Å²) >= 11 is 0. The highest BCUT2D eigenvalue weighted by atomic mass is 19.4. The molecule has 6 heteroatoms. The Morgan fingerprint density at radius 3 is 2.48 bits per heavy atom. The van der Waals surface area contributed by atoms with E-state index in [0.717, 1.165) is 11.6 Å². The highest BCUT2D eigenvalue weighted by Crippen LogP contribution is 2.29. The predicted octanol–water partition coefficient (Wildman–Crippen LogP) is 3.71. The Morgan fingerprint density at radius 1 is 1.14 bits per heavy atom. The molecule has 1 aromatic carbocycles. The monoisotopic (exact) mass is 295 g/mol. The van der Waals surface area contributed by atoms with Crippen molar-refractivity contribution in [2.45, 2.75) is 19.6 Å². The maximum atomic E-state index is 12.7. The molecule has 2 aromatic rings. The van der Waals surface area contributed by atoms with Crippen molar-refractivity contribution in [1.29, 1.82) is 0 Å². The molecule has 0 aliphatic heterocycles. The molecule has 21 heavy (non-hydrogen) atoms. The third-order valence-corrected chi connectivity index (χ3v) is 3.06. The summed E-state index contributed by atoms with van der Waals surface area (Å²) < 4.78 is 38.2. The maximum absolute atomic E-state index is 12.7. The third-order valence-electron chi connectivity index (χ3n) is 3.06. The van der Waals surface area contributed by atoms with Gasteiger partial charge in [0.2, 0.25) is 0 Å². The van der Waals surface area contributed by atoms with Gasteiger partial charge in [-0.1, -0.05) is 18.2 Å². The fraction of sp³-hybridized carbons (Fsp3) is 0.267. The van der Waals surface area contributed by atoms with Crippen molar-refractivity contribution in [1.82, 2.24) is 4.98 Å². The van der Waals surface area contributed by atoms with E-state index in [1.807, 2.05) is 19.1 Å². The summed E-state index contributed by atoms with van der Waals surface area (Å²) in [6.45, 7) is 2.87. The summed E-state index contributed by atoms with van der Waals surface area (Å²) in [5.41, 5.74) is 6.38. The van der Waals surface area contributed by atoms with E-state index in [-0.39, 0.29) is 0 Å². The Hall–Kier alpha value is -2.24. The minimum Gasteiger partial charge on any atom is -0.399 e. The van der Waals surface area contributed by atoms with Gasteiger partial charge in [0.1, 0.15) is 11.5 Å². The van der Waals surface area contributed by atoms with Crippen molar-refractivity contribution in [3.63, 3.8) is 0 Å². The van der Waals surface area contributed by atoms with Crippen molar-refractivity contribution in [3.05, 3.63) is 53.7 Å². The fourth-order valence-electron chi connectivity index (χ4n) is 2.02. The van der Waals surface area contributed by atoms with Crippen molar-refractivity contribution in [2.75, 3.05) is 17.2 Å². The average molecular weight is 295 g/mol. The Morgan fingerprint density at radius 2 is 1.86 bits per heavy atom. The number of hydrogen-bond donors (Lipinski definition) is 1. The van der Waals surface area contributed by atoms with Gasteiger partial charge >= 0.3 is 6.18 Å². The molecule has 1 aromatic heterocycles. The van der Waals surface area contributed by atoms with Crippen LogP contribution < -0.4 is 10.6 Å². The Kier molecular flexibility index (Phi) is 4.35.